The summed E-state index contributed by atoms with van der Waals surface area (Å²) in [5.74, 6) is -0.189. The van der Waals surface area contributed by atoms with Gasteiger partial charge in [-0.1, -0.05) is 22.0 Å². The van der Waals surface area contributed by atoms with Gasteiger partial charge >= 0.3 is 0 Å². The van der Waals surface area contributed by atoms with E-state index in [-0.39, 0.29) is 5.82 Å². The standard InChI is InChI=1S/C17H18BrFN2/c18-14-4-3-13(17(19)11-14)12-20-15-5-7-16(8-6-15)21-9-1-2-10-21/h3-8,11,20H,1-2,9-10,12H2. The van der Waals surface area contributed by atoms with Gasteiger partial charge in [-0.3, -0.25) is 0 Å². The third-order valence-corrected chi connectivity index (χ3v) is 4.33. The van der Waals surface area contributed by atoms with E-state index in [4.69, 9.17) is 0 Å². The van der Waals surface area contributed by atoms with Gasteiger partial charge in [0.05, 0.1) is 0 Å². The minimum atomic E-state index is -0.189. The van der Waals surface area contributed by atoms with Crippen LogP contribution in [0.4, 0.5) is 15.8 Å². The van der Waals surface area contributed by atoms with Crippen molar-refractivity contribution in [3.05, 3.63) is 58.3 Å². The second kappa shape index (κ2) is 6.48. The van der Waals surface area contributed by atoms with Crippen LogP contribution in [0.3, 0.4) is 0 Å². The first kappa shape index (κ1) is 14.4. The Morgan fingerprint density at radius 1 is 1.05 bits per heavy atom. The number of benzene rings is 2. The molecule has 1 aliphatic heterocycles. The fourth-order valence-electron chi connectivity index (χ4n) is 2.63. The van der Waals surface area contributed by atoms with Crippen LogP contribution in [0.1, 0.15) is 18.4 Å². The van der Waals surface area contributed by atoms with Crippen LogP contribution in [0.5, 0.6) is 0 Å². The van der Waals surface area contributed by atoms with E-state index in [1.165, 1.54) is 24.6 Å². The Kier molecular flexibility index (Phi) is 4.44. The zero-order valence-corrected chi connectivity index (χ0v) is 13.4. The molecule has 0 bridgehead atoms. The smallest absolute Gasteiger partial charge is 0.129 e. The molecule has 2 aromatic rings. The highest BCUT2D eigenvalue weighted by Crippen LogP contribution is 2.22. The van der Waals surface area contributed by atoms with Gasteiger partial charge in [0, 0.05) is 41.0 Å². The highest BCUT2D eigenvalue weighted by atomic mass is 79.9. The van der Waals surface area contributed by atoms with Crippen LogP contribution in [0.15, 0.2) is 46.9 Å². The summed E-state index contributed by atoms with van der Waals surface area (Å²) in [4.78, 5) is 2.40. The zero-order chi connectivity index (χ0) is 14.7. The molecule has 21 heavy (non-hydrogen) atoms. The van der Waals surface area contributed by atoms with Crippen LogP contribution < -0.4 is 10.2 Å². The molecule has 0 atom stereocenters. The lowest BCUT2D eigenvalue weighted by atomic mass is 10.2. The highest BCUT2D eigenvalue weighted by Gasteiger charge is 2.11. The fourth-order valence-corrected chi connectivity index (χ4v) is 2.96. The van der Waals surface area contributed by atoms with E-state index in [9.17, 15) is 4.39 Å². The number of halogens is 2. The molecule has 110 valence electrons. The predicted molar refractivity (Wildman–Crippen MR) is 89.3 cm³/mol. The molecular weight excluding hydrogens is 331 g/mol. The molecule has 4 heteroatoms. The maximum Gasteiger partial charge on any atom is 0.129 e. The van der Waals surface area contributed by atoms with Crippen molar-refractivity contribution in [3.8, 4) is 0 Å². The summed E-state index contributed by atoms with van der Waals surface area (Å²) in [5, 5.41) is 3.27. The van der Waals surface area contributed by atoms with Crippen molar-refractivity contribution in [2.75, 3.05) is 23.3 Å². The summed E-state index contributed by atoms with van der Waals surface area (Å²) >= 11 is 3.27. The molecule has 3 rings (SSSR count). The molecule has 1 fully saturated rings. The van der Waals surface area contributed by atoms with Crippen molar-refractivity contribution in [2.45, 2.75) is 19.4 Å². The van der Waals surface area contributed by atoms with Gasteiger partial charge in [-0.15, -0.1) is 0 Å². The Hall–Kier alpha value is -1.55. The Bertz CT molecular complexity index is 607. The van der Waals surface area contributed by atoms with Crippen LogP contribution in [-0.4, -0.2) is 13.1 Å². The summed E-state index contributed by atoms with van der Waals surface area (Å²) in [5.41, 5.74) is 2.95. The van der Waals surface area contributed by atoms with Crippen LogP contribution >= 0.6 is 15.9 Å². The molecule has 0 unspecified atom stereocenters. The van der Waals surface area contributed by atoms with E-state index >= 15 is 0 Å². The molecule has 1 N–H and O–H groups in total. The van der Waals surface area contributed by atoms with Gasteiger partial charge in [-0.2, -0.15) is 0 Å². The normalized spacial score (nSPS) is 14.5. The van der Waals surface area contributed by atoms with E-state index < -0.39 is 0 Å². The monoisotopic (exact) mass is 348 g/mol. The minimum absolute atomic E-state index is 0.189. The first-order valence-corrected chi connectivity index (χ1v) is 8.04. The molecule has 0 aliphatic carbocycles. The third-order valence-electron chi connectivity index (χ3n) is 3.84. The van der Waals surface area contributed by atoms with Gasteiger partial charge in [-0.25, -0.2) is 4.39 Å². The zero-order valence-electron chi connectivity index (χ0n) is 11.8. The second-order valence-electron chi connectivity index (χ2n) is 5.33. The van der Waals surface area contributed by atoms with Crippen LogP contribution in [0.25, 0.3) is 0 Å². The summed E-state index contributed by atoms with van der Waals surface area (Å²) in [6, 6.07) is 13.5. The van der Waals surface area contributed by atoms with E-state index in [2.05, 4.69) is 50.4 Å². The van der Waals surface area contributed by atoms with Crippen molar-refractivity contribution < 1.29 is 4.39 Å². The van der Waals surface area contributed by atoms with Gasteiger partial charge in [0.2, 0.25) is 0 Å². The molecule has 0 spiro atoms. The molecule has 0 amide bonds. The Morgan fingerprint density at radius 3 is 2.43 bits per heavy atom. The summed E-state index contributed by atoms with van der Waals surface area (Å²) < 4.78 is 14.5. The highest BCUT2D eigenvalue weighted by molar-refractivity contribution is 9.10. The van der Waals surface area contributed by atoms with Gasteiger partial charge in [0.1, 0.15) is 5.82 Å². The number of hydrogen-bond acceptors (Lipinski definition) is 2. The second-order valence-corrected chi connectivity index (χ2v) is 6.25. The van der Waals surface area contributed by atoms with E-state index in [0.29, 0.717) is 12.1 Å². The average Bonchev–Trinajstić information content (AvgIpc) is 3.01. The van der Waals surface area contributed by atoms with Gasteiger partial charge in [-0.05, 0) is 49.2 Å². The predicted octanol–water partition coefficient (Wildman–Crippen LogP) is 4.80. The SMILES string of the molecule is Fc1cc(Br)ccc1CNc1ccc(N2CCCC2)cc1. The Labute approximate surface area is 133 Å². The summed E-state index contributed by atoms with van der Waals surface area (Å²) in [6.45, 7) is 2.79. The number of nitrogens with one attached hydrogen (secondary N) is 1. The summed E-state index contributed by atoms with van der Waals surface area (Å²) in [6.07, 6.45) is 2.56. The molecule has 0 saturated carbocycles. The van der Waals surface area contributed by atoms with Gasteiger partial charge in [0.15, 0.2) is 0 Å². The molecular formula is C17H18BrFN2. The maximum absolute atomic E-state index is 13.7. The van der Waals surface area contributed by atoms with Crippen LogP contribution in [-0.2, 0) is 6.54 Å². The topological polar surface area (TPSA) is 15.3 Å². The van der Waals surface area contributed by atoms with Crippen molar-refractivity contribution in [1.29, 1.82) is 0 Å². The third kappa shape index (κ3) is 3.56. The Balaban J connectivity index is 1.62. The maximum atomic E-state index is 13.7. The van der Waals surface area contributed by atoms with Crippen molar-refractivity contribution in [1.82, 2.24) is 0 Å². The molecule has 2 nitrogen and oxygen atoms in total. The molecule has 1 heterocycles. The number of hydrogen-bond donors (Lipinski definition) is 1. The Morgan fingerprint density at radius 2 is 1.76 bits per heavy atom. The van der Waals surface area contributed by atoms with Crippen molar-refractivity contribution >= 4 is 27.3 Å². The molecule has 2 aromatic carbocycles. The van der Waals surface area contributed by atoms with E-state index in [1.807, 2.05) is 6.07 Å². The molecule has 1 aliphatic rings. The lowest BCUT2D eigenvalue weighted by Gasteiger charge is -2.18. The van der Waals surface area contributed by atoms with E-state index in [1.54, 1.807) is 6.07 Å². The van der Waals surface area contributed by atoms with Gasteiger partial charge in [0.25, 0.3) is 0 Å². The number of rotatable bonds is 4. The van der Waals surface area contributed by atoms with Crippen molar-refractivity contribution in [3.63, 3.8) is 0 Å². The minimum Gasteiger partial charge on any atom is -0.381 e. The number of anilines is 2. The largest absolute Gasteiger partial charge is 0.381 e. The lowest BCUT2D eigenvalue weighted by Crippen LogP contribution is -2.17. The number of nitrogens with zero attached hydrogens (tertiary/aromatic N) is 1. The van der Waals surface area contributed by atoms with Crippen LogP contribution in [0, 0.1) is 5.82 Å². The molecule has 0 radical (unpaired) electrons. The quantitative estimate of drug-likeness (QED) is 0.853. The molecule has 1 saturated heterocycles. The first-order valence-electron chi connectivity index (χ1n) is 7.25. The van der Waals surface area contributed by atoms with E-state index in [0.717, 1.165) is 23.2 Å². The first-order chi connectivity index (χ1) is 10.2. The van der Waals surface area contributed by atoms with Crippen molar-refractivity contribution in [2.24, 2.45) is 0 Å². The van der Waals surface area contributed by atoms with Gasteiger partial charge < -0.3 is 10.2 Å². The summed E-state index contributed by atoms with van der Waals surface area (Å²) in [7, 11) is 0. The van der Waals surface area contributed by atoms with Crippen LogP contribution in [0.2, 0.25) is 0 Å². The molecule has 0 aromatic heterocycles. The lowest BCUT2D eigenvalue weighted by molar-refractivity contribution is 0.612. The fraction of sp³-hybridized carbons (Fsp3) is 0.294. The average molecular weight is 349 g/mol.